The molecule has 1 aromatic rings. The molecule has 0 aromatic heterocycles. The summed E-state index contributed by atoms with van der Waals surface area (Å²) in [7, 11) is 0. The highest BCUT2D eigenvalue weighted by atomic mass is 79.9. The first-order chi connectivity index (χ1) is 7.16. The van der Waals surface area contributed by atoms with E-state index in [0.29, 0.717) is 12.3 Å². The van der Waals surface area contributed by atoms with Gasteiger partial charge in [-0.3, -0.25) is 0 Å². The van der Waals surface area contributed by atoms with Crippen LogP contribution in [0, 0.1) is 11.7 Å². The Balaban J connectivity index is 2.05. The molecule has 1 atom stereocenters. The van der Waals surface area contributed by atoms with Gasteiger partial charge < -0.3 is 5.11 Å². The number of aliphatic hydroxyl groups is 1. The molecular weight excluding hydrogens is 259 g/mol. The third kappa shape index (κ3) is 2.58. The second kappa shape index (κ2) is 4.62. The Hall–Kier alpha value is -0.410. The molecule has 1 unspecified atom stereocenters. The van der Waals surface area contributed by atoms with Crippen molar-refractivity contribution in [2.45, 2.75) is 31.8 Å². The SMILES string of the molecule is OC(Cc1cc(F)ccc1Br)C1CCC1. The Labute approximate surface area is 97.4 Å². The van der Waals surface area contributed by atoms with Gasteiger partial charge in [0, 0.05) is 4.47 Å². The topological polar surface area (TPSA) is 20.2 Å². The average molecular weight is 273 g/mol. The molecule has 0 heterocycles. The van der Waals surface area contributed by atoms with E-state index in [1.54, 1.807) is 6.07 Å². The molecule has 1 fully saturated rings. The summed E-state index contributed by atoms with van der Waals surface area (Å²) < 4.78 is 13.9. The Morgan fingerprint density at radius 3 is 2.80 bits per heavy atom. The van der Waals surface area contributed by atoms with Crippen molar-refractivity contribution in [3.63, 3.8) is 0 Å². The average Bonchev–Trinajstić information content (AvgIpc) is 2.08. The van der Waals surface area contributed by atoms with Gasteiger partial charge in [0.05, 0.1) is 6.10 Å². The largest absolute Gasteiger partial charge is 0.392 e. The standard InChI is InChI=1S/C12H14BrFO/c13-11-5-4-10(14)6-9(11)7-12(15)8-2-1-3-8/h4-6,8,12,15H,1-3,7H2. The third-order valence-electron chi connectivity index (χ3n) is 3.13. The molecule has 1 aliphatic carbocycles. The minimum Gasteiger partial charge on any atom is -0.392 e. The lowest BCUT2D eigenvalue weighted by atomic mass is 9.79. The summed E-state index contributed by atoms with van der Waals surface area (Å²) >= 11 is 3.37. The summed E-state index contributed by atoms with van der Waals surface area (Å²) in [6, 6.07) is 4.60. The highest BCUT2D eigenvalue weighted by Crippen LogP contribution is 2.32. The van der Waals surface area contributed by atoms with Crippen LogP contribution < -0.4 is 0 Å². The van der Waals surface area contributed by atoms with Gasteiger partial charge in [-0.2, -0.15) is 0 Å². The van der Waals surface area contributed by atoms with Crippen LogP contribution in [0.2, 0.25) is 0 Å². The fourth-order valence-electron chi connectivity index (χ4n) is 1.92. The van der Waals surface area contributed by atoms with Crippen LogP contribution in [0.1, 0.15) is 24.8 Å². The number of hydrogen-bond acceptors (Lipinski definition) is 1. The lowest BCUT2D eigenvalue weighted by molar-refractivity contribution is 0.0628. The Morgan fingerprint density at radius 1 is 1.47 bits per heavy atom. The first-order valence-electron chi connectivity index (χ1n) is 5.29. The smallest absolute Gasteiger partial charge is 0.123 e. The van der Waals surface area contributed by atoms with Gasteiger partial charge in [-0.1, -0.05) is 22.4 Å². The maximum atomic E-state index is 13.0. The molecule has 0 bridgehead atoms. The zero-order valence-corrected chi connectivity index (χ0v) is 10.0. The quantitative estimate of drug-likeness (QED) is 0.896. The molecule has 2 rings (SSSR count). The molecule has 0 spiro atoms. The predicted octanol–water partition coefficient (Wildman–Crippen LogP) is 3.29. The number of halogens is 2. The molecule has 0 radical (unpaired) electrons. The Bertz CT molecular complexity index is 349. The van der Waals surface area contributed by atoms with Gasteiger partial charge in [-0.25, -0.2) is 4.39 Å². The van der Waals surface area contributed by atoms with Crippen molar-refractivity contribution in [1.82, 2.24) is 0 Å². The van der Waals surface area contributed by atoms with Crippen molar-refractivity contribution in [2.24, 2.45) is 5.92 Å². The van der Waals surface area contributed by atoms with Crippen LogP contribution in [0.25, 0.3) is 0 Å². The minimum absolute atomic E-state index is 0.242. The van der Waals surface area contributed by atoms with Crippen LogP contribution in [-0.2, 0) is 6.42 Å². The number of rotatable bonds is 3. The van der Waals surface area contributed by atoms with E-state index < -0.39 is 0 Å². The highest BCUT2D eigenvalue weighted by Gasteiger charge is 2.26. The van der Waals surface area contributed by atoms with Gasteiger partial charge in [-0.15, -0.1) is 0 Å². The first-order valence-corrected chi connectivity index (χ1v) is 6.08. The van der Waals surface area contributed by atoms with Crippen LogP contribution in [0.4, 0.5) is 4.39 Å². The van der Waals surface area contributed by atoms with E-state index in [1.165, 1.54) is 18.6 Å². The van der Waals surface area contributed by atoms with Crippen LogP contribution in [0.5, 0.6) is 0 Å². The van der Waals surface area contributed by atoms with Gasteiger partial charge in [0.2, 0.25) is 0 Å². The van der Waals surface area contributed by atoms with Crippen LogP contribution >= 0.6 is 15.9 Å². The van der Waals surface area contributed by atoms with Crippen molar-refractivity contribution < 1.29 is 9.50 Å². The molecule has 0 amide bonds. The van der Waals surface area contributed by atoms with Crippen LogP contribution in [0.3, 0.4) is 0 Å². The summed E-state index contributed by atoms with van der Waals surface area (Å²) in [6.45, 7) is 0. The summed E-state index contributed by atoms with van der Waals surface area (Å²) in [5, 5.41) is 9.89. The van der Waals surface area contributed by atoms with Gasteiger partial charge in [0.15, 0.2) is 0 Å². The van der Waals surface area contributed by atoms with E-state index in [2.05, 4.69) is 15.9 Å². The molecule has 1 aliphatic rings. The molecule has 15 heavy (non-hydrogen) atoms. The summed E-state index contributed by atoms with van der Waals surface area (Å²) in [5.41, 5.74) is 0.856. The van der Waals surface area contributed by atoms with E-state index in [0.717, 1.165) is 22.9 Å². The predicted molar refractivity (Wildman–Crippen MR) is 61.2 cm³/mol. The summed E-state index contributed by atoms with van der Waals surface area (Å²) in [6.07, 6.45) is 3.65. The Morgan fingerprint density at radius 2 is 2.20 bits per heavy atom. The van der Waals surface area contributed by atoms with Crippen LogP contribution in [-0.4, -0.2) is 11.2 Å². The fraction of sp³-hybridized carbons (Fsp3) is 0.500. The third-order valence-corrected chi connectivity index (χ3v) is 3.90. The van der Waals surface area contributed by atoms with E-state index in [9.17, 15) is 9.50 Å². The molecule has 0 aliphatic heterocycles. The monoisotopic (exact) mass is 272 g/mol. The molecule has 1 aromatic carbocycles. The minimum atomic E-state index is -0.322. The van der Waals surface area contributed by atoms with Crippen LogP contribution in [0.15, 0.2) is 22.7 Å². The van der Waals surface area contributed by atoms with Crippen molar-refractivity contribution >= 4 is 15.9 Å². The van der Waals surface area contributed by atoms with Gasteiger partial charge in [0.1, 0.15) is 5.82 Å². The summed E-state index contributed by atoms with van der Waals surface area (Å²) in [4.78, 5) is 0. The fourth-order valence-corrected chi connectivity index (χ4v) is 2.32. The zero-order chi connectivity index (χ0) is 10.8. The van der Waals surface area contributed by atoms with Gasteiger partial charge in [-0.05, 0) is 48.9 Å². The Kier molecular flexibility index (Phi) is 3.42. The lowest BCUT2D eigenvalue weighted by Gasteiger charge is -2.30. The highest BCUT2D eigenvalue weighted by molar-refractivity contribution is 9.10. The second-order valence-electron chi connectivity index (χ2n) is 4.20. The first kappa shape index (κ1) is 11.1. The second-order valence-corrected chi connectivity index (χ2v) is 5.05. The molecule has 0 saturated heterocycles. The van der Waals surface area contributed by atoms with E-state index >= 15 is 0 Å². The number of benzene rings is 1. The number of aliphatic hydroxyl groups excluding tert-OH is 1. The summed E-state index contributed by atoms with van der Waals surface area (Å²) in [5.74, 6) is 0.175. The number of hydrogen-bond donors (Lipinski definition) is 1. The molecule has 1 N–H and O–H groups in total. The maximum Gasteiger partial charge on any atom is 0.123 e. The lowest BCUT2D eigenvalue weighted by Crippen LogP contribution is -2.28. The van der Waals surface area contributed by atoms with E-state index in [-0.39, 0.29) is 11.9 Å². The maximum absolute atomic E-state index is 13.0. The zero-order valence-electron chi connectivity index (χ0n) is 8.42. The molecular formula is C12H14BrFO. The van der Waals surface area contributed by atoms with Crippen molar-refractivity contribution in [3.8, 4) is 0 Å². The van der Waals surface area contributed by atoms with Crippen molar-refractivity contribution in [1.29, 1.82) is 0 Å². The van der Waals surface area contributed by atoms with E-state index in [1.807, 2.05) is 0 Å². The van der Waals surface area contributed by atoms with E-state index in [4.69, 9.17) is 0 Å². The molecule has 1 nitrogen and oxygen atoms in total. The van der Waals surface area contributed by atoms with Gasteiger partial charge >= 0.3 is 0 Å². The van der Waals surface area contributed by atoms with Gasteiger partial charge in [0.25, 0.3) is 0 Å². The van der Waals surface area contributed by atoms with Crippen molar-refractivity contribution in [2.75, 3.05) is 0 Å². The molecule has 3 heteroatoms. The normalized spacial score (nSPS) is 18.6. The molecule has 82 valence electrons. The van der Waals surface area contributed by atoms with Crippen molar-refractivity contribution in [3.05, 3.63) is 34.1 Å². The molecule has 1 saturated carbocycles.